The smallest absolute Gasteiger partial charge is 0.192 e. The van der Waals surface area contributed by atoms with Crippen LogP contribution in [0.25, 0.3) is 0 Å². The first kappa shape index (κ1) is 21.7. The summed E-state index contributed by atoms with van der Waals surface area (Å²) in [6, 6.07) is 9.07. The summed E-state index contributed by atoms with van der Waals surface area (Å²) in [4.78, 5) is 4.64. The van der Waals surface area contributed by atoms with Crippen molar-refractivity contribution in [2.45, 2.75) is 65.5 Å². The average Bonchev–Trinajstić information content (AvgIpc) is 3.14. The third-order valence-corrected chi connectivity index (χ3v) is 4.93. The van der Waals surface area contributed by atoms with Crippen LogP contribution in [0.4, 0.5) is 0 Å². The number of nitrogens with one attached hydrogen (secondary N) is 2. The third kappa shape index (κ3) is 5.96. The van der Waals surface area contributed by atoms with E-state index in [1.807, 2.05) is 6.07 Å². The monoisotopic (exact) mass is 482 g/mol. The summed E-state index contributed by atoms with van der Waals surface area (Å²) < 4.78 is 5.32. The van der Waals surface area contributed by atoms with Gasteiger partial charge in [0.25, 0.3) is 0 Å². The molecule has 0 amide bonds. The molecule has 0 aliphatic heterocycles. The molecule has 1 aliphatic rings. The van der Waals surface area contributed by atoms with E-state index in [1.54, 1.807) is 0 Å². The largest absolute Gasteiger partial charge is 0.359 e. The lowest BCUT2D eigenvalue weighted by Gasteiger charge is -2.21. The molecule has 1 aromatic heterocycles. The minimum Gasteiger partial charge on any atom is -0.359 e. The molecule has 0 saturated carbocycles. The molecule has 1 unspecified atom stereocenters. The Labute approximate surface area is 179 Å². The van der Waals surface area contributed by atoms with Gasteiger partial charge >= 0.3 is 0 Å². The zero-order chi connectivity index (χ0) is 18.4. The Hall–Kier alpha value is -1.57. The van der Waals surface area contributed by atoms with Gasteiger partial charge in [0.1, 0.15) is 6.54 Å². The fourth-order valence-electron chi connectivity index (χ4n) is 3.39. The second-order valence-electron chi connectivity index (χ2n) is 6.93. The summed E-state index contributed by atoms with van der Waals surface area (Å²) in [6.07, 6.45) is 5.92. The van der Waals surface area contributed by atoms with Crippen molar-refractivity contribution in [1.29, 1.82) is 0 Å². The molecule has 1 aliphatic carbocycles. The lowest BCUT2D eigenvalue weighted by atomic mass is 9.89. The van der Waals surface area contributed by atoms with Crippen LogP contribution in [-0.4, -0.2) is 17.7 Å². The van der Waals surface area contributed by atoms with Crippen molar-refractivity contribution in [3.05, 3.63) is 52.4 Å². The summed E-state index contributed by atoms with van der Waals surface area (Å²) in [5.41, 5.74) is 5.31. The van der Waals surface area contributed by atoms with Gasteiger partial charge in [-0.3, -0.25) is 0 Å². The van der Waals surface area contributed by atoms with E-state index in [2.05, 4.69) is 59.8 Å². The van der Waals surface area contributed by atoms with Gasteiger partial charge < -0.3 is 15.2 Å². The summed E-state index contributed by atoms with van der Waals surface area (Å²) in [5.74, 6) is 1.59. The minimum absolute atomic E-state index is 0. The van der Waals surface area contributed by atoms with E-state index in [4.69, 9.17) is 4.52 Å². The maximum atomic E-state index is 5.32. The van der Waals surface area contributed by atoms with E-state index in [1.165, 1.54) is 42.4 Å². The Morgan fingerprint density at radius 3 is 2.67 bits per heavy atom. The van der Waals surface area contributed by atoms with Gasteiger partial charge in [0.15, 0.2) is 11.7 Å². The molecular weight excluding hydrogens is 451 g/mol. The number of rotatable bonds is 6. The summed E-state index contributed by atoms with van der Waals surface area (Å²) >= 11 is 0. The molecule has 0 bridgehead atoms. The van der Waals surface area contributed by atoms with Crippen LogP contribution in [0.5, 0.6) is 0 Å². The van der Waals surface area contributed by atoms with E-state index < -0.39 is 0 Å². The normalized spacial score (nSPS) is 14.9. The molecule has 5 nitrogen and oxygen atoms in total. The van der Waals surface area contributed by atoms with Crippen LogP contribution in [0.1, 0.15) is 67.8 Å². The number of hydrogen-bond donors (Lipinski definition) is 2. The molecule has 1 aromatic carbocycles. The molecule has 0 spiro atoms. The van der Waals surface area contributed by atoms with Crippen LogP contribution >= 0.6 is 24.0 Å². The predicted molar refractivity (Wildman–Crippen MR) is 121 cm³/mol. The number of hydrogen-bond acceptors (Lipinski definition) is 3. The first-order valence-corrected chi connectivity index (χ1v) is 9.80. The summed E-state index contributed by atoms with van der Waals surface area (Å²) in [6.45, 7) is 7.63. The molecule has 0 saturated heterocycles. The molecule has 0 radical (unpaired) electrons. The summed E-state index contributed by atoms with van der Waals surface area (Å²) in [5, 5.41) is 10.8. The number of nitrogens with zero attached hydrogens (tertiary/aromatic N) is 2. The number of aliphatic imine (C=N–C) groups is 1. The molecule has 0 fully saturated rings. The van der Waals surface area contributed by atoms with Gasteiger partial charge in [0.2, 0.25) is 0 Å². The van der Waals surface area contributed by atoms with Crippen LogP contribution in [0, 0.1) is 0 Å². The van der Waals surface area contributed by atoms with Gasteiger partial charge in [-0.15, -0.1) is 24.0 Å². The van der Waals surface area contributed by atoms with Crippen molar-refractivity contribution in [2.24, 2.45) is 4.99 Å². The number of benzene rings is 1. The molecular formula is C21H31IN4O. The van der Waals surface area contributed by atoms with Crippen LogP contribution in [0.15, 0.2) is 33.8 Å². The highest BCUT2D eigenvalue weighted by molar-refractivity contribution is 14.0. The second-order valence-corrected chi connectivity index (χ2v) is 6.93. The predicted octanol–water partition coefficient (Wildman–Crippen LogP) is 4.55. The van der Waals surface area contributed by atoms with Crippen molar-refractivity contribution in [3.8, 4) is 0 Å². The van der Waals surface area contributed by atoms with Crippen molar-refractivity contribution >= 4 is 29.9 Å². The first-order chi connectivity index (χ1) is 12.7. The number of aromatic nitrogens is 1. The minimum atomic E-state index is 0. The fourth-order valence-corrected chi connectivity index (χ4v) is 3.39. The Morgan fingerprint density at radius 1 is 1.19 bits per heavy atom. The highest BCUT2D eigenvalue weighted by Gasteiger charge is 2.13. The standard InChI is InChI=1S/C21H30N4O.HI/c1-4-19-13-20(26-25-19)14-23-21(22-5-2)24-15(3)17-11-10-16-8-6-7-9-18(16)12-17;/h10-13,15H,4-9,14H2,1-3H3,(H2,22,23,24);1H. The zero-order valence-corrected chi connectivity index (χ0v) is 18.9. The topological polar surface area (TPSA) is 62.5 Å². The lowest BCUT2D eigenvalue weighted by Crippen LogP contribution is -2.38. The Morgan fingerprint density at radius 2 is 1.96 bits per heavy atom. The summed E-state index contributed by atoms with van der Waals surface area (Å²) in [7, 11) is 0. The average molecular weight is 482 g/mol. The van der Waals surface area contributed by atoms with Gasteiger partial charge in [-0.1, -0.05) is 30.3 Å². The molecule has 6 heteroatoms. The quantitative estimate of drug-likeness (QED) is 0.360. The maximum Gasteiger partial charge on any atom is 0.192 e. The number of guanidine groups is 1. The van der Waals surface area contributed by atoms with Crippen molar-refractivity contribution in [3.63, 3.8) is 0 Å². The molecule has 27 heavy (non-hydrogen) atoms. The Bertz CT molecular complexity index is 756. The van der Waals surface area contributed by atoms with E-state index >= 15 is 0 Å². The number of halogens is 1. The molecule has 1 atom stereocenters. The van der Waals surface area contributed by atoms with Gasteiger partial charge in [-0.25, -0.2) is 4.99 Å². The van der Waals surface area contributed by atoms with Gasteiger partial charge in [0.05, 0.1) is 11.7 Å². The van der Waals surface area contributed by atoms with Crippen molar-refractivity contribution < 1.29 is 4.52 Å². The van der Waals surface area contributed by atoms with Crippen LogP contribution in [0.3, 0.4) is 0 Å². The van der Waals surface area contributed by atoms with Gasteiger partial charge in [-0.2, -0.15) is 0 Å². The SMILES string of the molecule is CCNC(=NCc1cc(CC)no1)NC(C)c1ccc2c(c1)CCCC2.I. The van der Waals surface area contributed by atoms with E-state index in [0.717, 1.165) is 30.4 Å². The highest BCUT2D eigenvalue weighted by Crippen LogP contribution is 2.24. The first-order valence-electron chi connectivity index (χ1n) is 9.80. The van der Waals surface area contributed by atoms with E-state index in [-0.39, 0.29) is 30.0 Å². The number of aryl methyl sites for hydroxylation is 3. The van der Waals surface area contributed by atoms with E-state index in [9.17, 15) is 0 Å². The van der Waals surface area contributed by atoms with Crippen LogP contribution in [-0.2, 0) is 25.8 Å². The maximum absolute atomic E-state index is 5.32. The fraction of sp³-hybridized carbons (Fsp3) is 0.524. The number of fused-ring (bicyclic) bond motifs is 1. The van der Waals surface area contributed by atoms with Crippen LogP contribution in [0.2, 0.25) is 0 Å². The molecule has 2 N–H and O–H groups in total. The second kappa shape index (κ2) is 10.7. The Kier molecular flexibility index (Phi) is 8.60. The zero-order valence-electron chi connectivity index (χ0n) is 16.5. The van der Waals surface area contributed by atoms with Gasteiger partial charge in [0, 0.05) is 12.6 Å². The van der Waals surface area contributed by atoms with Crippen molar-refractivity contribution in [2.75, 3.05) is 6.54 Å². The third-order valence-electron chi connectivity index (χ3n) is 4.93. The molecule has 2 aromatic rings. The van der Waals surface area contributed by atoms with E-state index in [0.29, 0.717) is 6.54 Å². The molecule has 1 heterocycles. The Balaban J connectivity index is 0.00000261. The van der Waals surface area contributed by atoms with Crippen molar-refractivity contribution in [1.82, 2.24) is 15.8 Å². The van der Waals surface area contributed by atoms with Crippen LogP contribution < -0.4 is 10.6 Å². The highest BCUT2D eigenvalue weighted by atomic mass is 127. The molecule has 148 valence electrons. The molecule has 3 rings (SSSR count). The lowest BCUT2D eigenvalue weighted by molar-refractivity contribution is 0.379. The van der Waals surface area contributed by atoms with Gasteiger partial charge in [-0.05, 0) is 62.6 Å².